The molecule has 8 heteroatoms. The largest absolute Gasteiger partial charge is 0.504 e. The first kappa shape index (κ1) is 19.7. The first-order valence-corrected chi connectivity index (χ1v) is 8.02. The number of phenolic OH excluding ortho intramolecular Hbond substituents is 2. The lowest BCUT2D eigenvalue weighted by Crippen LogP contribution is -2.38. The van der Waals surface area contributed by atoms with Crippen LogP contribution >= 0.6 is 0 Å². The average Bonchev–Trinajstić information content (AvgIpc) is 2.26. The molecule has 1 atom stereocenters. The van der Waals surface area contributed by atoms with E-state index in [0.29, 0.717) is 18.4 Å². The Morgan fingerprint density at radius 2 is 1.67 bits per heavy atom. The molecule has 0 saturated heterocycles. The van der Waals surface area contributed by atoms with E-state index in [-0.39, 0.29) is 17.0 Å². The van der Waals surface area contributed by atoms with Crippen molar-refractivity contribution >= 4 is 10.1 Å². The lowest BCUT2D eigenvalue weighted by atomic mass is 10.1. The molecule has 1 aromatic rings. The SMILES string of the molecule is CC(C)(C)NC[C@@H](O)c1ccc(O)c(O)c1.CS(=O)(=O)O. The first-order chi connectivity index (χ1) is 9.29. The number of benzene rings is 1. The van der Waals surface area contributed by atoms with Crippen molar-refractivity contribution in [3.05, 3.63) is 23.8 Å². The normalized spacial score (nSPS) is 13.2. The summed E-state index contributed by atoms with van der Waals surface area (Å²) < 4.78 is 25.9. The van der Waals surface area contributed by atoms with Crippen molar-refractivity contribution in [2.24, 2.45) is 0 Å². The molecule has 0 saturated carbocycles. The molecule has 0 aromatic heterocycles. The summed E-state index contributed by atoms with van der Waals surface area (Å²) in [6, 6.07) is 4.32. The van der Waals surface area contributed by atoms with Gasteiger partial charge in [-0.25, -0.2) is 0 Å². The lowest BCUT2D eigenvalue weighted by Gasteiger charge is -2.23. The monoisotopic (exact) mass is 321 g/mol. The molecular weight excluding hydrogens is 298 g/mol. The van der Waals surface area contributed by atoms with Crippen LogP contribution in [0.4, 0.5) is 0 Å². The summed E-state index contributed by atoms with van der Waals surface area (Å²) in [5.41, 5.74) is 0.506. The number of aromatic hydroxyl groups is 2. The average molecular weight is 321 g/mol. The van der Waals surface area contributed by atoms with Gasteiger partial charge in [-0.05, 0) is 38.5 Å². The zero-order chi connectivity index (χ0) is 16.8. The number of hydrogen-bond acceptors (Lipinski definition) is 6. The Balaban J connectivity index is 0.000000690. The molecule has 0 radical (unpaired) electrons. The standard InChI is InChI=1S/C12H19NO3.CH4O3S/c1-12(2,3)13-7-11(16)8-4-5-9(14)10(15)6-8;1-5(2,3)4/h4-6,11,13-16H,7H2,1-3H3;1H3,(H,2,3,4)/t11-;/m1./s1. The second kappa shape index (κ2) is 7.60. The van der Waals surface area contributed by atoms with Gasteiger partial charge in [0, 0.05) is 12.1 Å². The van der Waals surface area contributed by atoms with Crippen LogP contribution in [0.1, 0.15) is 32.4 Å². The zero-order valence-electron chi connectivity index (χ0n) is 12.5. The molecule has 0 spiro atoms. The fraction of sp³-hybridized carbons (Fsp3) is 0.538. The van der Waals surface area contributed by atoms with Gasteiger partial charge in [0.25, 0.3) is 10.1 Å². The van der Waals surface area contributed by atoms with Crippen LogP contribution in [-0.2, 0) is 10.1 Å². The maximum absolute atomic E-state index is 9.84. The minimum atomic E-state index is -3.67. The van der Waals surface area contributed by atoms with Gasteiger partial charge < -0.3 is 20.6 Å². The van der Waals surface area contributed by atoms with Crippen molar-refractivity contribution in [1.29, 1.82) is 0 Å². The van der Waals surface area contributed by atoms with Crippen LogP contribution in [0.3, 0.4) is 0 Å². The van der Waals surface area contributed by atoms with Crippen molar-refractivity contribution < 1.29 is 28.3 Å². The van der Waals surface area contributed by atoms with Crippen molar-refractivity contribution in [1.82, 2.24) is 5.32 Å². The highest BCUT2D eigenvalue weighted by atomic mass is 32.2. The van der Waals surface area contributed by atoms with Gasteiger partial charge in [0.2, 0.25) is 0 Å². The van der Waals surface area contributed by atoms with Crippen molar-refractivity contribution in [3.63, 3.8) is 0 Å². The van der Waals surface area contributed by atoms with Crippen molar-refractivity contribution in [3.8, 4) is 11.5 Å². The van der Waals surface area contributed by atoms with Gasteiger partial charge >= 0.3 is 0 Å². The molecule has 0 fully saturated rings. The zero-order valence-corrected chi connectivity index (χ0v) is 13.3. The first-order valence-electron chi connectivity index (χ1n) is 6.17. The van der Waals surface area contributed by atoms with Gasteiger partial charge in [-0.1, -0.05) is 6.07 Å². The van der Waals surface area contributed by atoms with E-state index >= 15 is 0 Å². The quantitative estimate of drug-likeness (QED) is 0.415. The number of nitrogens with one attached hydrogen (secondary N) is 1. The van der Waals surface area contributed by atoms with Gasteiger partial charge in [0.15, 0.2) is 11.5 Å². The van der Waals surface area contributed by atoms with E-state index in [1.165, 1.54) is 12.1 Å². The van der Waals surface area contributed by atoms with E-state index in [4.69, 9.17) is 9.66 Å². The highest BCUT2D eigenvalue weighted by Crippen LogP contribution is 2.27. The molecule has 0 unspecified atom stereocenters. The van der Waals surface area contributed by atoms with Gasteiger partial charge in [-0.3, -0.25) is 4.55 Å². The summed E-state index contributed by atoms with van der Waals surface area (Å²) >= 11 is 0. The number of phenols is 2. The topological polar surface area (TPSA) is 127 Å². The van der Waals surface area contributed by atoms with Crippen molar-refractivity contribution in [2.75, 3.05) is 12.8 Å². The molecule has 0 bridgehead atoms. The molecule has 0 aliphatic heterocycles. The molecule has 7 nitrogen and oxygen atoms in total. The summed E-state index contributed by atoms with van der Waals surface area (Å²) in [5.74, 6) is -0.396. The molecule has 0 heterocycles. The highest BCUT2D eigenvalue weighted by Gasteiger charge is 2.14. The Labute approximate surface area is 125 Å². The Morgan fingerprint density at radius 1 is 1.19 bits per heavy atom. The minimum absolute atomic E-state index is 0.0695. The van der Waals surface area contributed by atoms with E-state index in [1.54, 1.807) is 6.07 Å². The third-order valence-corrected chi connectivity index (χ3v) is 2.21. The smallest absolute Gasteiger partial charge is 0.261 e. The van der Waals surface area contributed by atoms with Gasteiger partial charge in [0.05, 0.1) is 12.4 Å². The van der Waals surface area contributed by atoms with E-state index in [1.807, 2.05) is 20.8 Å². The fourth-order valence-electron chi connectivity index (χ4n) is 1.27. The Bertz CT molecular complexity index is 542. The van der Waals surface area contributed by atoms with E-state index < -0.39 is 16.2 Å². The Hall–Kier alpha value is -1.35. The van der Waals surface area contributed by atoms with Crippen LogP contribution in [-0.4, -0.2) is 46.6 Å². The summed E-state index contributed by atoms with van der Waals surface area (Å²) in [6.07, 6.45) is 0.0122. The molecule has 1 rings (SSSR count). The summed E-state index contributed by atoms with van der Waals surface area (Å²) in [5, 5.41) is 31.4. The van der Waals surface area contributed by atoms with Gasteiger partial charge in [-0.2, -0.15) is 8.42 Å². The second-order valence-corrected chi connectivity index (χ2v) is 7.09. The third kappa shape index (κ3) is 11.0. The van der Waals surface area contributed by atoms with Crippen LogP contribution in [0.25, 0.3) is 0 Å². The summed E-state index contributed by atoms with van der Waals surface area (Å²) in [7, 11) is -3.67. The highest BCUT2D eigenvalue weighted by molar-refractivity contribution is 7.85. The summed E-state index contributed by atoms with van der Waals surface area (Å²) in [4.78, 5) is 0. The fourth-order valence-corrected chi connectivity index (χ4v) is 1.27. The maximum Gasteiger partial charge on any atom is 0.261 e. The van der Waals surface area contributed by atoms with Crippen LogP contribution in [0.5, 0.6) is 11.5 Å². The third-order valence-electron chi connectivity index (χ3n) is 2.21. The van der Waals surface area contributed by atoms with Gasteiger partial charge in [-0.15, -0.1) is 0 Å². The second-order valence-electron chi connectivity index (χ2n) is 5.63. The number of aliphatic hydroxyl groups is 1. The minimum Gasteiger partial charge on any atom is -0.504 e. The number of hydrogen-bond donors (Lipinski definition) is 5. The van der Waals surface area contributed by atoms with Crippen LogP contribution < -0.4 is 5.32 Å². The number of β-amino-alcohol motifs (C(OH)–C–C–N with tert-alkyl or cyclic N) is 1. The predicted molar refractivity (Wildman–Crippen MR) is 80.0 cm³/mol. The molecule has 5 N–H and O–H groups in total. The maximum atomic E-state index is 9.84. The summed E-state index contributed by atoms with van der Waals surface area (Å²) in [6.45, 7) is 6.42. The molecule has 21 heavy (non-hydrogen) atoms. The van der Waals surface area contributed by atoms with Crippen molar-refractivity contribution in [2.45, 2.75) is 32.4 Å². The number of rotatable bonds is 3. The van der Waals surface area contributed by atoms with E-state index in [2.05, 4.69) is 5.32 Å². The van der Waals surface area contributed by atoms with Crippen LogP contribution in [0, 0.1) is 0 Å². The Morgan fingerprint density at radius 3 is 2.05 bits per heavy atom. The number of aliphatic hydroxyl groups excluding tert-OH is 1. The van der Waals surface area contributed by atoms with Gasteiger partial charge in [0.1, 0.15) is 0 Å². The predicted octanol–water partition coefficient (Wildman–Crippen LogP) is 1.02. The molecule has 1 aromatic carbocycles. The van der Waals surface area contributed by atoms with Crippen LogP contribution in [0.2, 0.25) is 0 Å². The molecule has 122 valence electrons. The van der Waals surface area contributed by atoms with E-state index in [9.17, 15) is 18.6 Å². The molecule has 0 amide bonds. The Kier molecular flexibility index (Phi) is 7.11. The molecule has 0 aliphatic carbocycles. The molecule has 0 aliphatic rings. The molecular formula is C13H23NO6S. The van der Waals surface area contributed by atoms with Crippen LogP contribution in [0.15, 0.2) is 18.2 Å². The van der Waals surface area contributed by atoms with E-state index in [0.717, 1.165) is 0 Å². The lowest BCUT2D eigenvalue weighted by molar-refractivity contribution is 0.163.